The van der Waals surface area contributed by atoms with E-state index in [2.05, 4.69) is 27.3 Å². The fraction of sp³-hybridized carbons (Fsp3) is 0.385. The third kappa shape index (κ3) is 3.86. The average Bonchev–Trinajstić information content (AvgIpc) is 2.92. The lowest BCUT2D eigenvalue weighted by atomic mass is 10.3. The number of rotatable bonds is 7. The van der Waals surface area contributed by atoms with Gasteiger partial charge in [0, 0.05) is 5.11 Å². The van der Waals surface area contributed by atoms with Crippen LogP contribution in [0.25, 0.3) is 0 Å². The van der Waals surface area contributed by atoms with E-state index in [1.807, 2.05) is 24.3 Å². The Bertz CT molecular complexity index is 550. The molecule has 1 aromatic heterocycles. The molecule has 0 fully saturated rings. The van der Waals surface area contributed by atoms with E-state index in [4.69, 9.17) is 9.84 Å². The molecule has 0 aliphatic rings. The van der Waals surface area contributed by atoms with Crippen molar-refractivity contribution < 1.29 is 14.4 Å². The molecule has 0 unspecified atom stereocenters. The Hall–Kier alpha value is -2.28. The number of ether oxygens (including phenoxy) is 1. The van der Waals surface area contributed by atoms with Crippen LogP contribution in [-0.4, -0.2) is 28.5 Å². The van der Waals surface area contributed by atoms with E-state index in [1.165, 1.54) is 0 Å². The molecular formula is C13H18N5O2+. The van der Waals surface area contributed by atoms with Gasteiger partial charge in [-0.15, -0.1) is 5.10 Å². The molecule has 1 heterocycles. The molecule has 20 heavy (non-hydrogen) atoms. The van der Waals surface area contributed by atoms with Gasteiger partial charge in [-0.1, -0.05) is 12.0 Å². The molecule has 2 rings (SSSR count). The summed E-state index contributed by atoms with van der Waals surface area (Å²) in [6.45, 7) is 3.22. The zero-order valence-electron chi connectivity index (χ0n) is 11.4. The van der Waals surface area contributed by atoms with Crippen molar-refractivity contribution in [2.45, 2.75) is 19.9 Å². The molecule has 0 spiro atoms. The molecule has 0 aliphatic carbocycles. The Morgan fingerprint density at radius 1 is 1.30 bits per heavy atom. The molecule has 1 aromatic carbocycles. The summed E-state index contributed by atoms with van der Waals surface area (Å²) in [6, 6.07) is 7.39. The molecule has 7 nitrogen and oxygen atoms in total. The molecule has 0 saturated carbocycles. The van der Waals surface area contributed by atoms with Gasteiger partial charge in [0.15, 0.2) is 0 Å². The molecule has 106 valence electrons. The van der Waals surface area contributed by atoms with Crippen molar-refractivity contribution in [3.05, 3.63) is 30.6 Å². The van der Waals surface area contributed by atoms with Gasteiger partial charge in [-0.05, 0) is 35.8 Å². The van der Waals surface area contributed by atoms with Crippen LogP contribution in [0.2, 0.25) is 0 Å². The summed E-state index contributed by atoms with van der Waals surface area (Å²) >= 11 is 0. The molecule has 2 N–H and O–H groups in total. The molecule has 7 heteroatoms. The topological polar surface area (TPSA) is 86.7 Å². The highest BCUT2D eigenvalue weighted by molar-refractivity contribution is 5.40. The van der Waals surface area contributed by atoms with Crippen molar-refractivity contribution in [2.75, 3.05) is 13.2 Å². The molecule has 0 amide bonds. The Labute approximate surface area is 116 Å². The minimum Gasteiger partial charge on any atom is -0.494 e. The summed E-state index contributed by atoms with van der Waals surface area (Å²) in [5.41, 5.74) is 0.721. The Morgan fingerprint density at radius 2 is 2.10 bits per heavy atom. The predicted octanol–water partition coefficient (Wildman–Crippen LogP) is 1.89. The van der Waals surface area contributed by atoms with Crippen LogP contribution in [0.5, 0.6) is 5.75 Å². The summed E-state index contributed by atoms with van der Waals surface area (Å²) in [5, 5.41) is 23.6. The zero-order chi connectivity index (χ0) is 14.2. The summed E-state index contributed by atoms with van der Waals surface area (Å²) in [5.74, 6) is 1.31. The number of azo groups is 1. The van der Waals surface area contributed by atoms with Crippen LogP contribution < -0.4 is 9.30 Å². The largest absolute Gasteiger partial charge is 0.494 e. The van der Waals surface area contributed by atoms with Gasteiger partial charge in [0.25, 0.3) is 0 Å². The first-order valence-corrected chi connectivity index (χ1v) is 6.51. The molecule has 0 bridgehead atoms. The molecule has 0 aliphatic heterocycles. The van der Waals surface area contributed by atoms with Gasteiger partial charge in [-0.25, -0.2) is 4.57 Å². The second kappa shape index (κ2) is 7.34. The van der Waals surface area contributed by atoms with Crippen LogP contribution in [0.1, 0.15) is 13.3 Å². The van der Waals surface area contributed by atoms with Gasteiger partial charge in [0.1, 0.15) is 5.75 Å². The lowest BCUT2D eigenvalue weighted by Crippen LogP contribution is -2.33. The Kier molecular flexibility index (Phi) is 5.19. The molecule has 0 atom stereocenters. The Balaban J connectivity index is 2.01. The first-order valence-electron chi connectivity index (χ1n) is 6.51. The predicted molar refractivity (Wildman–Crippen MR) is 72.3 cm³/mol. The highest BCUT2D eigenvalue weighted by Gasteiger charge is 2.09. The first kappa shape index (κ1) is 14.1. The average molecular weight is 276 g/mol. The fourth-order valence-corrected chi connectivity index (χ4v) is 1.56. The van der Waals surface area contributed by atoms with Gasteiger partial charge in [-0.2, -0.15) is 0 Å². The number of hydrogen-bond acceptors (Lipinski definition) is 5. The number of nitrogens with zero attached hydrogens (tertiary/aromatic N) is 4. The van der Waals surface area contributed by atoms with E-state index in [0.29, 0.717) is 19.1 Å². The van der Waals surface area contributed by atoms with E-state index >= 15 is 0 Å². The van der Waals surface area contributed by atoms with Crippen molar-refractivity contribution >= 4 is 11.6 Å². The maximum absolute atomic E-state index is 8.90. The highest BCUT2D eigenvalue weighted by atomic mass is 16.5. The van der Waals surface area contributed by atoms with Gasteiger partial charge in [0.05, 0.1) is 25.4 Å². The van der Waals surface area contributed by atoms with E-state index in [-0.39, 0.29) is 6.61 Å². The maximum atomic E-state index is 8.90. The number of aliphatic hydroxyl groups excluding tert-OH is 1. The number of hydrogen-bond donors (Lipinski definition) is 2. The monoisotopic (exact) mass is 276 g/mol. The first-order chi connectivity index (χ1) is 9.83. The minimum absolute atomic E-state index is 0.0240. The third-order valence-corrected chi connectivity index (χ3v) is 2.54. The number of benzene rings is 1. The zero-order valence-corrected chi connectivity index (χ0v) is 11.4. The number of aliphatic hydroxyl groups is 1. The van der Waals surface area contributed by atoms with Crippen LogP contribution in [0.4, 0.5) is 11.6 Å². The lowest BCUT2D eigenvalue weighted by Gasteiger charge is -2.02. The molecule has 2 aromatic rings. The van der Waals surface area contributed by atoms with Crippen LogP contribution in [0.15, 0.2) is 40.8 Å². The van der Waals surface area contributed by atoms with Gasteiger partial charge in [-0.3, -0.25) is 0 Å². The third-order valence-electron chi connectivity index (χ3n) is 2.54. The number of H-pyrrole nitrogens is 1. The van der Waals surface area contributed by atoms with Gasteiger partial charge in [0.2, 0.25) is 6.33 Å². The van der Waals surface area contributed by atoms with Crippen LogP contribution in [-0.2, 0) is 6.54 Å². The summed E-state index contributed by atoms with van der Waals surface area (Å²) < 4.78 is 7.17. The Morgan fingerprint density at radius 3 is 2.80 bits per heavy atom. The quantitative estimate of drug-likeness (QED) is 0.598. The van der Waals surface area contributed by atoms with Crippen LogP contribution >= 0.6 is 0 Å². The highest BCUT2D eigenvalue weighted by Crippen LogP contribution is 2.19. The van der Waals surface area contributed by atoms with E-state index in [0.717, 1.165) is 17.9 Å². The molecular weight excluding hydrogens is 258 g/mol. The van der Waals surface area contributed by atoms with Crippen molar-refractivity contribution in [1.82, 2.24) is 10.2 Å². The minimum atomic E-state index is 0.0240. The van der Waals surface area contributed by atoms with Crippen molar-refractivity contribution in [2.24, 2.45) is 10.2 Å². The SMILES string of the molecule is CCCOc1ccc(N=Nc2[nH]nc[n+]2CCO)cc1. The number of aromatic amines is 1. The summed E-state index contributed by atoms with van der Waals surface area (Å²) in [6.07, 6.45) is 2.54. The van der Waals surface area contributed by atoms with Crippen LogP contribution in [0, 0.1) is 0 Å². The summed E-state index contributed by atoms with van der Waals surface area (Å²) in [7, 11) is 0. The maximum Gasteiger partial charge on any atom is 0.401 e. The van der Waals surface area contributed by atoms with Gasteiger partial charge < -0.3 is 9.84 Å². The number of nitrogens with one attached hydrogen (secondary N) is 1. The smallest absolute Gasteiger partial charge is 0.401 e. The normalized spacial score (nSPS) is 11.1. The number of aromatic nitrogens is 3. The van der Waals surface area contributed by atoms with Crippen LogP contribution in [0.3, 0.4) is 0 Å². The van der Waals surface area contributed by atoms with E-state index in [1.54, 1.807) is 10.9 Å². The van der Waals surface area contributed by atoms with E-state index in [9.17, 15) is 0 Å². The lowest BCUT2D eigenvalue weighted by molar-refractivity contribution is -0.685. The van der Waals surface area contributed by atoms with E-state index < -0.39 is 0 Å². The second-order valence-corrected chi connectivity index (χ2v) is 4.14. The fourth-order valence-electron chi connectivity index (χ4n) is 1.56. The molecule has 0 saturated heterocycles. The summed E-state index contributed by atoms with van der Waals surface area (Å²) in [4.78, 5) is 0. The van der Waals surface area contributed by atoms with Crippen molar-refractivity contribution in [3.8, 4) is 5.75 Å². The van der Waals surface area contributed by atoms with Crippen molar-refractivity contribution in [1.29, 1.82) is 0 Å². The second-order valence-electron chi connectivity index (χ2n) is 4.14. The van der Waals surface area contributed by atoms with Gasteiger partial charge >= 0.3 is 5.95 Å². The standard InChI is InChI=1S/C13H17N5O2/c1-2-9-20-12-5-3-11(4-6-12)15-17-13-16-14-10-18(13)7-8-19/h3-6,10,19H,2,7-9H2,1H3/p+1. The molecule has 0 radical (unpaired) electrons. The van der Waals surface area contributed by atoms with Crippen molar-refractivity contribution in [3.63, 3.8) is 0 Å².